The Bertz CT molecular complexity index is 2480. The van der Waals surface area contributed by atoms with Gasteiger partial charge in [0.15, 0.2) is 11.9 Å². The summed E-state index contributed by atoms with van der Waals surface area (Å²) in [7, 11) is 0. The van der Waals surface area contributed by atoms with Gasteiger partial charge in [0.1, 0.15) is 23.2 Å². The van der Waals surface area contributed by atoms with Gasteiger partial charge in [-0.15, -0.1) is 12.4 Å². The predicted octanol–water partition coefficient (Wildman–Crippen LogP) is 9.53. The number of carbonyl (C=O) groups is 6. The van der Waals surface area contributed by atoms with E-state index >= 15 is 0 Å². The summed E-state index contributed by atoms with van der Waals surface area (Å²) in [5.41, 5.74) is 12.1. The molecule has 7 heterocycles. The molecule has 2 aliphatic heterocycles. The number of rotatable bonds is 20. The SMILES string of the molecule is C.CCOC(=O)CCCC(C)=O.CCOC(=O)CCCc1ccc2c(n1)NCCC2.CCOC(=O)CCCc1ccc2cccnc2n1.Cl.Nc1ncccc1C=O.O=C(O)CCCc1ccc2c(n1)NCCC2. The number of aliphatic carboxylic acids is 1. The molecule has 74 heavy (non-hydrogen) atoms. The minimum Gasteiger partial charge on any atom is -0.481 e. The van der Waals surface area contributed by atoms with E-state index in [4.69, 9.17) is 20.3 Å². The lowest BCUT2D eigenvalue weighted by molar-refractivity contribution is -0.144. The summed E-state index contributed by atoms with van der Waals surface area (Å²) in [6, 6.07) is 19.5. The molecular formula is C55H77ClN8O10. The van der Waals surface area contributed by atoms with Crippen LogP contribution in [0.4, 0.5) is 17.5 Å². The van der Waals surface area contributed by atoms with Crippen LogP contribution in [0.25, 0.3) is 11.0 Å². The van der Waals surface area contributed by atoms with Crippen LogP contribution in [0, 0.1) is 0 Å². The van der Waals surface area contributed by atoms with Crippen molar-refractivity contribution in [3.63, 3.8) is 0 Å². The van der Waals surface area contributed by atoms with E-state index < -0.39 is 5.97 Å². The van der Waals surface area contributed by atoms with Crippen molar-refractivity contribution in [1.29, 1.82) is 0 Å². The molecule has 5 aromatic heterocycles. The van der Waals surface area contributed by atoms with Gasteiger partial charge in [-0.25, -0.2) is 24.9 Å². The number of ether oxygens (including phenoxy) is 3. The van der Waals surface area contributed by atoms with E-state index in [-0.39, 0.29) is 55.8 Å². The molecule has 5 aromatic rings. The highest BCUT2D eigenvalue weighted by atomic mass is 35.5. The molecule has 0 radical (unpaired) electrons. The number of nitrogens with two attached hydrogens (primary N) is 1. The van der Waals surface area contributed by atoms with Crippen molar-refractivity contribution in [3.8, 4) is 0 Å². The Kier molecular flexibility index (Phi) is 33.8. The first-order valence-electron chi connectivity index (χ1n) is 24.8. The van der Waals surface area contributed by atoms with E-state index in [9.17, 15) is 28.8 Å². The third-order valence-electron chi connectivity index (χ3n) is 10.7. The Morgan fingerprint density at radius 2 is 1.08 bits per heavy atom. The van der Waals surface area contributed by atoms with Crippen molar-refractivity contribution >= 4 is 76.8 Å². The lowest BCUT2D eigenvalue weighted by Crippen LogP contribution is -2.14. The number of carbonyl (C=O) groups excluding carboxylic acids is 5. The minimum absolute atomic E-state index is 0. The molecule has 0 atom stereocenters. The summed E-state index contributed by atoms with van der Waals surface area (Å²) in [5, 5.41) is 16.2. The first-order chi connectivity index (χ1) is 34.8. The van der Waals surface area contributed by atoms with Crippen LogP contribution in [0.1, 0.15) is 144 Å². The lowest BCUT2D eigenvalue weighted by Gasteiger charge is -2.17. The molecule has 0 bridgehead atoms. The molecular weight excluding hydrogens is 968 g/mol. The Morgan fingerprint density at radius 3 is 1.54 bits per heavy atom. The quantitative estimate of drug-likeness (QED) is 0.0321. The number of ketones is 1. The Balaban J connectivity index is 0.000000469. The van der Waals surface area contributed by atoms with Crippen molar-refractivity contribution in [2.24, 2.45) is 0 Å². The van der Waals surface area contributed by atoms with Crippen LogP contribution in [0.15, 0.2) is 73.1 Å². The van der Waals surface area contributed by atoms with Crippen molar-refractivity contribution < 1.29 is 48.1 Å². The Hall–Kier alpha value is -7.08. The van der Waals surface area contributed by atoms with Gasteiger partial charge >= 0.3 is 23.9 Å². The van der Waals surface area contributed by atoms with Crippen molar-refractivity contribution in [2.45, 2.75) is 138 Å². The van der Waals surface area contributed by atoms with Crippen LogP contribution in [-0.4, -0.2) is 98.9 Å². The van der Waals surface area contributed by atoms with Gasteiger partial charge in [-0.1, -0.05) is 19.6 Å². The molecule has 5 N–H and O–H groups in total. The number of aryl methyl sites for hydroxylation is 5. The maximum atomic E-state index is 11.2. The summed E-state index contributed by atoms with van der Waals surface area (Å²) in [6.45, 7) is 10.2. The van der Waals surface area contributed by atoms with E-state index in [1.165, 1.54) is 24.5 Å². The fourth-order valence-electron chi connectivity index (χ4n) is 7.11. The number of esters is 3. The number of hydrogen-bond acceptors (Lipinski definition) is 17. The first-order valence-corrected chi connectivity index (χ1v) is 24.8. The van der Waals surface area contributed by atoms with Crippen molar-refractivity contribution in [2.75, 3.05) is 49.3 Å². The van der Waals surface area contributed by atoms with Gasteiger partial charge in [0, 0.05) is 80.1 Å². The van der Waals surface area contributed by atoms with E-state index in [0.29, 0.717) is 70.2 Å². The molecule has 18 nitrogen and oxygen atoms in total. The van der Waals surface area contributed by atoms with Crippen LogP contribution < -0.4 is 16.4 Å². The number of aldehydes is 1. The largest absolute Gasteiger partial charge is 0.481 e. The van der Waals surface area contributed by atoms with Crippen molar-refractivity contribution in [1.82, 2.24) is 24.9 Å². The Labute approximate surface area is 442 Å². The van der Waals surface area contributed by atoms with Crippen LogP contribution in [0.5, 0.6) is 0 Å². The normalized spacial score (nSPS) is 11.4. The zero-order valence-electron chi connectivity index (χ0n) is 42.7. The topological polar surface area (TPSA) is 265 Å². The Morgan fingerprint density at radius 1 is 0.622 bits per heavy atom. The highest BCUT2D eigenvalue weighted by Crippen LogP contribution is 2.22. The summed E-state index contributed by atoms with van der Waals surface area (Å²) >= 11 is 0. The zero-order chi connectivity index (χ0) is 52.4. The van der Waals surface area contributed by atoms with Gasteiger partial charge in [-0.05, 0) is 158 Å². The second-order valence-electron chi connectivity index (χ2n) is 16.6. The van der Waals surface area contributed by atoms with Gasteiger partial charge in [0.05, 0.1) is 25.4 Å². The molecule has 0 amide bonds. The fourth-order valence-corrected chi connectivity index (χ4v) is 7.11. The molecule has 0 aliphatic carbocycles. The first kappa shape index (κ1) is 64.9. The maximum Gasteiger partial charge on any atom is 0.305 e. The lowest BCUT2D eigenvalue weighted by atomic mass is 10.1. The van der Waals surface area contributed by atoms with Gasteiger partial charge in [0.25, 0.3) is 0 Å². The van der Waals surface area contributed by atoms with Gasteiger partial charge in [0.2, 0.25) is 0 Å². The third kappa shape index (κ3) is 27.1. The number of halogens is 1. The number of hydrogen-bond donors (Lipinski definition) is 4. The number of carboxylic acids is 1. The summed E-state index contributed by atoms with van der Waals surface area (Å²) in [4.78, 5) is 85.5. The second kappa shape index (κ2) is 38.5. The van der Waals surface area contributed by atoms with Crippen LogP contribution >= 0.6 is 12.4 Å². The molecule has 2 aliphatic rings. The standard InChI is InChI=1S/C14H20N2O2.C14H16N2O2.C12H16N2O2.C8H14O3.C6H6N2O.CH4.ClH/c2*1-2-18-13(17)7-3-6-12-9-8-11-5-4-10-15-14(11)16-12;15-11(16)5-1-4-10-7-6-9-3-2-8-13-12(9)14-10;1-3-11-8(10)6-4-5-7(2)9;7-6-5(4-9)2-1-3-8-6;;/h8-9H,2-7,10H2,1H3,(H,15,16);4-5,8-10H,2-3,6-7H2,1H3;6-7H,1-5,8H2,(H,13,14)(H,15,16);3-6H2,1-2H3;1-4H,(H2,7,8);1H4;1H. The van der Waals surface area contributed by atoms with Crippen LogP contribution in [-0.2, 0) is 70.3 Å². The zero-order valence-corrected chi connectivity index (χ0v) is 43.5. The molecule has 0 aromatic carbocycles. The van der Waals surface area contributed by atoms with E-state index in [1.807, 2.05) is 44.2 Å². The molecule has 0 spiro atoms. The molecule has 0 saturated carbocycles. The smallest absolute Gasteiger partial charge is 0.305 e. The monoisotopic (exact) mass is 1040 g/mol. The average molecular weight is 1050 g/mol. The number of aromatic nitrogens is 5. The molecule has 7 rings (SSSR count). The molecule has 19 heteroatoms. The average Bonchev–Trinajstić information content (AvgIpc) is 3.37. The molecule has 404 valence electrons. The minimum atomic E-state index is -0.740. The third-order valence-corrected chi connectivity index (χ3v) is 10.7. The van der Waals surface area contributed by atoms with Gasteiger partial charge in [-0.2, -0.15) is 0 Å². The number of carboxylic acid groups (broad SMARTS) is 1. The number of pyridine rings is 5. The van der Waals surface area contributed by atoms with Gasteiger partial charge in [-0.3, -0.25) is 24.0 Å². The molecule has 0 unspecified atom stereocenters. The number of anilines is 3. The number of Topliss-reactive ketones (excluding diaryl/α,β-unsaturated/α-hetero) is 1. The maximum absolute atomic E-state index is 11.2. The molecule has 0 saturated heterocycles. The molecule has 0 fully saturated rings. The van der Waals surface area contributed by atoms with E-state index in [2.05, 4.69) is 58.5 Å². The van der Waals surface area contributed by atoms with E-state index in [1.54, 1.807) is 31.5 Å². The van der Waals surface area contributed by atoms with Crippen LogP contribution in [0.3, 0.4) is 0 Å². The predicted molar refractivity (Wildman–Crippen MR) is 291 cm³/mol. The number of nitrogen functional groups attached to an aromatic ring is 1. The highest BCUT2D eigenvalue weighted by Gasteiger charge is 2.12. The number of nitrogens with one attached hydrogen (secondary N) is 2. The second-order valence-corrected chi connectivity index (χ2v) is 16.6. The van der Waals surface area contributed by atoms with Crippen molar-refractivity contribution in [3.05, 3.63) is 107 Å². The van der Waals surface area contributed by atoms with Crippen LogP contribution in [0.2, 0.25) is 0 Å². The number of fused-ring (bicyclic) bond motifs is 3. The fraction of sp³-hybridized carbons (Fsp3) is 0.473. The highest BCUT2D eigenvalue weighted by molar-refractivity contribution is 5.85. The summed E-state index contributed by atoms with van der Waals surface area (Å²) in [5.74, 6) is 1.20. The van der Waals surface area contributed by atoms with E-state index in [0.717, 1.165) is 104 Å². The summed E-state index contributed by atoms with van der Waals surface area (Å²) in [6.07, 6.45) is 15.6. The summed E-state index contributed by atoms with van der Waals surface area (Å²) < 4.78 is 14.5. The van der Waals surface area contributed by atoms with Gasteiger partial charge < -0.3 is 40.5 Å². The number of nitrogens with zero attached hydrogens (tertiary/aromatic N) is 5.